The van der Waals surface area contributed by atoms with Crippen molar-refractivity contribution < 1.29 is 9.53 Å². The predicted octanol–water partition coefficient (Wildman–Crippen LogP) is 1.81. The van der Waals surface area contributed by atoms with Crippen LogP contribution >= 0.6 is 15.9 Å². The number of nitrogens with one attached hydrogen (secondary N) is 1. The lowest BCUT2D eigenvalue weighted by molar-refractivity contribution is -0.143. The van der Waals surface area contributed by atoms with E-state index in [0.29, 0.717) is 0 Å². The van der Waals surface area contributed by atoms with Crippen molar-refractivity contribution in [2.24, 2.45) is 0 Å². The van der Waals surface area contributed by atoms with Crippen LogP contribution in [0.2, 0.25) is 0 Å². The molecule has 0 fully saturated rings. The van der Waals surface area contributed by atoms with E-state index < -0.39 is 0 Å². The van der Waals surface area contributed by atoms with Gasteiger partial charge in [0.2, 0.25) is 0 Å². The van der Waals surface area contributed by atoms with Crippen LogP contribution in [0.15, 0.2) is 22.7 Å². The molecule has 15 heavy (non-hydrogen) atoms. The summed E-state index contributed by atoms with van der Waals surface area (Å²) in [6.07, 6.45) is 0.954. The lowest BCUT2D eigenvalue weighted by Crippen LogP contribution is -2.35. The normalized spacial score (nSPS) is 19.5. The van der Waals surface area contributed by atoms with Crippen molar-refractivity contribution in [1.29, 1.82) is 0 Å². The molecule has 1 aromatic rings. The van der Waals surface area contributed by atoms with Crippen molar-refractivity contribution in [2.45, 2.75) is 12.5 Å². The largest absolute Gasteiger partial charge is 0.468 e. The van der Waals surface area contributed by atoms with Crippen LogP contribution in [-0.2, 0) is 16.0 Å². The van der Waals surface area contributed by atoms with Crippen molar-refractivity contribution in [1.82, 2.24) is 5.32 Å². The van der Waals surface area contributed by atoms with Crippen LogP contribution in [0.4, 0.5) is 0 Å². The van der Waals surface area contributed by atoms with Crippen LogP contribution in [-0.4, -0.2) is 19.6 Å². The molecule has 0 aromatic heterocycles. The Hall–Kier alpha value is -0.870. The molecule has 0 radical (unpaired) electrons. The molecule has 1 N–H and O–H groups in total. The van der Waals surface area contributed by atoms with Crippen LogP contribution in [0.3, 0.4) is 0 Å². The van der Waals surface area contributed by atoms with Gasteiger partial charge in [0, 0.05) is 11.0 Å². The van der Waals surface area contributed by atoms with Crippen LogP contribution < -0.4 is 5.32 Å². The fourth-order valence-corrected chi connectivity index (χ4v) is 2.23. The first kappa shape index (κ1) is 10.6. The second kappa shape index (κ2) is 4.33. The fourth-order valence-electron chi connectivity index (χ4n) is 1.85. The average Bonchev–Trinajstić information content (AvgIpc) is 2.27. The van der Waals surface area contributed by atoms with E-state index in [4.69, 9.17) is 4.74 Å². The first-order chi connectivity index (χ1) is 7.22. The van der Waals surface area contributed by atoms with Crippen molar-refractivity contribution in [3.05, 3.63) is 33.8 Å². The molecule has 2 rings (SSSR count). The van der Waals surface area contributed by atoms with Gasteiger partial charge in [0.1, 0.15) is 6.04 Å². The van der Waals surface area contributed by atoms with Gasteiger partial charge in [0.05, 0.1) is 7.11 Å². The van der Waals surface area contributed by atoms with Crippen LogP contribution in [0.25, 0.3) is 0 Å². The van der Waals surface area contributed by atoms with E-state index in [-0.39, 0.29) is 12.0 Å². The van der Waals surface area contributed by atoms with Gasteiger partial charge in [-0.1, -0.05) is 22.0 Å². The summed E-state index contributed by atoms with van der Waals surface area (Å²) in [5.41, 5.74) is 2.23. The maximum atomic E-state index is 11.5. The molecular formula is C11H12BrNO2. The molecule has 0 saturated heterocycles. The number of hydrogen-bond donors (Lipinski definition) is 1. The monoisotopic (exact) mass is 269 g/mol. The van der Waals surface area contributed by atoms with Crippen LogP contribution in [0, 0.1) is 0 Å². The van der Waals surface area contributed by atoms with Crippen molar-refractivity contribution in [2.75, 3.05) is 13.7 Å². The number of methoxy groups -OCH3 is 1. The molecule has 1 aliphatic rings. The summed E-state index contributed by atoms with van der Waals surface area (Å²) in [6.45, 7) is 0.814. The minimum atomic E-state index is -0.323. The molecular weight excluding hydrogens is 258 g/mol. The predicted molar refractivity (Wildman–Crippen MR) is 60.6 cm³/mol. The number of carbonyl (C=O) groups excluding carboxylic acids is 1. The third kappa shape index (κ3) is 2.06. The van der Waals surface area contributed by atoms with E-state index in [1.54, 1.807) is 0 Å². The molecule has 3 nitrogen and oxygen atoms in total. The zero-order valence-corrected chi connectivity index (χ0v) is 10.0. The number of benzene rings is 1. The van der Waals surface area contributed by atoms with E-state index >= 15 is 0 Å². The Bertz CT molecular complexity index is 392. The molecule has 0 saturated carbocycles. The second-order valence-corrected chi connectivity index (χ2v) is 4.42. The minimum Gasteiger partial charge on any atom is -0.468 e. The highest BCUT2D eigenvalue weighted by molar-refractivity contribution is 9.10. The number of fused-ring (bicyclic) bond motifs is 1. The number of hydrogen-bond acceptors (Lipinski definition) is 3. The van der Waals surface area contributed by atoms with E-state index in [1.807, 2.05) is 12.1 Å². The maximum absolute atomic E-state index is 11.5. The molecule has 1 unspecified atom stereocenters. The molecule has 0 spiro atoms. The quantitative estimate of drug-likeness (QED) is 0.791. The van der Waals surface area contributed by atoms with Crippen molar-refractivity contribution in [3.8, 4) is 0 Å². The Morgan fingerprint density at radius 1 is 1.60 bits per heavy atom. The number of esters is 1. The average molecular weight is 270 g/mol. The Morgan fingerprint density at radius 2 is 2.40 bits per heavy atom. The van der Waals surface area contributed by atoms with Crippen LogP contribution in [0.1, 0.15) is 17.2 Å². The summed E-state index contributed by atoms with van der Waals surface area (Å²) >= 11 is 3.41. The van der Waals surface area contributed by atoms with Gasteiger partial charge < -0.3 is 10.1 Å². The zero-order valence-electron chi connectivity index (χ0n) is 8.42. The third-order valence-electron chi connectivity index (χ3n) is 2.60. The van der Waals surface area contributed by atoms with E-state index in [9.17, 15) is 4.79 Å². The molecule has 80 valence electrons. The van der Waals surface area contributed by atoms with Crippen LogP contribution in [0.5, 0.6) is 0 Å². The van der Waals surface area contributed by atoms with Gasteiger partial charge >= 0.3 is 5.97 Å². The van der Waals surface area contributed by atoms with E-state index in [0.717, 1.165) is 23.0 Å². The molecule has 0 aliphatic carbocycles. The number of carbonyl (C=O) groups is 1. The Balaban J connectivity index is 2.40. The number of rotatable bonds is 1. The zero-order chi connectivity index (χ0) is 10.8. The summed E-state index contributed by atoms with van der Waals surface area (Å²) in [7, 11) is 1.41. The third-order valence-corrected chi connectivity index (χ3v) is 3.09. The summed E-state index contributed by atoms with van der Waals surface area (Å²) in [5, 5.41) is 3.16. The van der Waals surface area contributed by atoms with Crippen molar-refractivity contribution in [3.63, 3.8) is 0 Å². The van der Waals surface area contributed by atoms with Gasteiger partial charge in [-0.2, -0.15) is 0 Å². The molecule has 1 aromatic carbocycles. The first-order valence-corrected chi connectivity index (χ1v) is 5.61. The molecule has 1 atom stereocenters. The maximum Gasteiger partial charge on any atom is 0.327 e. The highest BCUT2D eigenvalue weighted by atomic mass is 79.9. The summed E-state index contributed by atoms with van der Waals surface area (Å²) < 4.78 is 5.75. The first-order valence-electron chi connectivity index (χ1n) is 4.82. The highest BCUT2D eigenvalue weighted by Gasteiger charge is 2.26. The molecule has 1 heterocycles. The summed E-state index contributed by atoms with van der Waals surface area (Å²) in [6, 6.07) is 5.70. The van der Waals surface area contributed by atoms with Crippen molar-refractivity contribution >= 4 is 21.9 Å². The Labute approximate surface area is 96.9 Å². The molecule has 4 heteroatoms. The number of halogens is 1. The standard InChI is InChI=1S/C11H12BrNO2/c1-15-11(14)10-9-6-8(12)3-2-7(9)4-5-13-10/h2-3,6,10,13H,4-5H2,1H3. The lowest BCUT2D eigenvalue weighted by Gasteiger charge is -2.25. The highest BCUT2D eigenvalue weighted by Crippen LogP contribution is 2.26. The Kier molecular flexibility index (Phi) is 3.07. The van der Waals surface area contributed by atoms with Gasteiger partial charge in [0.15, 0.2) is 0 Å². The summed E-state index contributed by atoms with van der Waals surface area (Å²) in [5.74, 6) is -0.228. The summed E-state index contributed by atoms with van der Waals surface area (Å²) in [4.78, 5) is 11.5. The number of ether oxygens (including phenoxy) is 1. The topological polar surface area (TPSA) is 38.3 Å². The molecule has 0 bridgehead atoms. The van der Waals surface area contributed by atoms with Gasteiger partial charge in [-0.05, 0) is 29.7 Å². The van der Waals surface area contributed by atoms with E-state index in [2.05, 4.69) is 27.3 Å². The van der Waals surface area contributed by atoms with Gasteiger partial charge in [0.25, 0.3) is 0 Å². The SMILES string of the molecule is COC(=O)C1NCCc2ccc(Br)cc21. The lowest BCUT2D eigenvalue weighted by atomic mass is 9.94. The minimum absolute atomic E-state index is 0.228. The molecule has 1 aliphatic heterocycles. The van der Waals surface area contributed by atoms with E-state index in [1.165, 1.54) is 12.7 Å². The van der Waals surface area contributed by atoms with Gasteiger partial charge in [-0.15, -0.1) is 0 Å². The Morgan fingerprint density at radius 3 is 3.13 bits per heavy atom. The smallest absolute Gasteiger partial charge is 0.327 e. The van der Waals surface area contributed by atoms with Gasteiger partial charge in [-0.25, -0.2) is 4.79 Å². The van der Waals surface area contributed by atoms with Gasteiger partial charge in [-0.3, -0.25) is 0 Å². The molecule has 0 amide bonds. The fraction of sp³-hybridized carbons (Fsp3) is 0.364. The second-order valence-electron chi connectivity index (χ2n) is 3.50.